The Morgan fingerprint density at radius 3 is 2.96 bits per heavy atom. The maximum Gasteiger partial charge on any atom is 0.223 e. The Bertz CT molecular complexity index is 839. The van der Waals surface area contributed by atoms with Crippen LogP contribution in [0.4, 0.5) is 5.13 Å². The zero-order chi connectivity index (χ0) is 17.8. The van der Waals surface area contributed by atoms with Crippen LogP contribution in [0.2, 0.25) is 0 Å². The second-order valence-electron chi connectivity index (χ2n) is 5.90. The van der Waals surface area contributed by atoms with E-state index in [9.17, 15) is 4.79 Å². The third kappa shape index (κ3) is 4.49. The van der Waals surface area contributed by atoms with Crippen molar-refractivity contribution in [3.8, 4) is 11.6 Å². The van der Waals surface area contributed by atoms with E-state index in [0.29, 0.717) is 22.6 Å². The van der Waals surface area contributed by atoms with Gasteiger partial charge < -0.3 is 9.73 Å². The van der Waals surface area contributed by atoms with Gasteiger partial charge in [-0.15, -0.1) is 21.5 Å². The Kier molecular flexibility index (Phi) is 5.54. The van der Waals surface area contributed by atoms with Gasteiger partial charge in [-0.05, 0) is 18.1 Å². The smallest absolute Gasteiger partial charge is 0.223 e. The Morgan fingerprint density at radius 1 is 1.44 bits per heavy atom. The number of nitrogens with one attached hydrogen (secondary N) is 1. The summed E-state index contributed by atoms with van der Waals surface area (Å²) in [6.45, 7) is 6.58. The molecule has 0 aliphatic carbocycles. The van der Waals surface area contributed by atoms with E-state index in [1.807, 2.05) is 17.5 Å². The average Bonchev–Trinajstić information content (AvgIpc) is 3.25. The molecule has 3 rings (SSSR count). The fourth-order valence-corrected chi connectivity index (χ4v) is 3.94. The summed E-state index contributed by atoms with van der Waals surface area (Å²) in [5, 5.41) is 14.7. The van der Waals surface area contributed by atoms with Gasteiger partial charge in [-0.25, -0.2) is 4.98 Å². The summed E-state index contributed by atoms with van der Waals surface area (Å²) in [7, 11) is 0. The minimum absolute atomic E-state index is 0.117. The molecule has 3 aromatic heterocycles. The van der Waals surface area contributed by atoms with Crippen molar-refractivity contribution >= 4 is 34.1 Å². The van der Waals surface area contributed by atoms with E-state index in [2.05, 4.69) is 38.9 Å². The molecular formula is C16H19N5O2S2. The maximum atomic E-state index is 11.1. The molecular weight excluding hydrogens is 358 g/mol. The highest BCUT2D eigenvalue weighted by Gasteiger charge is 2.17. The predicted octanol–water partition coefficient (Wildman–Crippen LogP) is 3.90. The maximum absolute atomic E-state index is 11.1. The van der Waals surface area contributed by atoms with E-state index >= 15 is 0 Å². The highest BCUT2D eigenvalue weighted by Crippen LogP contribution is 2.28. The number of carbonyl (C=O) groups excluding carboxylic acids is 1. The molecule has 0 spiro atoms. The van der Waals surface area contributed by atoms with E-state index in [4.69, 9.17) is 4.42 Å². The number of rotatable bonds is 7. The van der Waals surface area contributed by atoms with Crippen molar-refractivity contribution in [2.45, 2.75) is 38.2 Å². The zero-order valence-corrected chi connectivity index (χ0v) is 15.9. The SMILES string of the molecule is CC(=O)Nc1nc(CSc2nnc(-c3ccco3)n2CC(C)C)cs1. The predicted molar refractivity (Wildman–Crippen MR) is 98.5 cm³/mol. The molecule has 0 aromatic carbocycles. The van der Waals surface area contributed by atoms with E-state index in [1.54, 1.807) is 18.0 Å². The van der Waals surface area contributed by atoms with Gasteiger partial charge in [-0.3, -0.25) is 9.36 Å². The molecule has 0 unspecified atom stereocenters. The summed E-state index contributed by atoms with van der Waals surface area (Å²) in [6.07, 6.45) is 1.63. The molecule has 0 saturated carbocycles. The Hall–Kier alpha value is -2.13. The normalized spacial score (nSPS) is 11.2. The first-order valence-corrected chi connectivity index (χ1v) is 9.71. The number of furan rings is 1. The van der Waals surface area contributed by atoms with Crippen molar-refractivity contribution in [3.05, 3.63) is 29.5 Å². The minimum atomic E-state index is -0.117. The lowest BCUT2D eigenvalue weighted by Crippen LogP contribution is -2.07. The lowest BCUT2D eigenvalue weighted by atomic mass is 10.2. The van der Waals surface area contributed by atoms with Crippen LogP contribution in [-0.2, 0) is 17.1 Å². The average molecular weight is 377 g/mol. The highest BCUT2D eigenvalue weighted by atomic mass is 32.2. The lowest BCUT2D eigenvalue weighted by Gasteiger charge is -2.11. The first kappa shape index (κ1) is 17.7. The van der Waals surface area contributed by atoms with Gasteiger partial charge in [-0.1, -0.05) is 25.6 Å². The summed E-state index contributed by atoms with van der Waals surface area (Å²) >= 11 is 2.99. The van der Waals surface area contributed by atoms with Crippen molar-refractivity contribution in [3.63, 3.8) is 0 Å². The number of hydrogen-bond acceptors (Lipinski definition) is 7. The monoisotopic (exact) mass is 377 g/mol. The molecule has 9 heteroatoms. The molecule has 0 radical (unpaired) electrons. The first-order chi connectivity index (χ1) is 12.0. The van der Waals surface area contributed by atoms with Gasteiger partial charge in [0.25, 0.3) is 0 Å². The number of thioether (sulfide) groups is 1. The summed E-state index contributed by atoms with van der Waals surface area (Å²) < 4.78 is 7.55. The largest absolute Gasteiger partial charge is 0.461 e. The zero-order valence-electron chi connectivity index (χ0n) is 14.2. The van der Waals surface area contributed by atoms with E-state index in [0.717, 1.165) is 23.2 Å². The number of nitrogens with zero attached hydrogens (tertiary/aromatic N) is 4. The van der Waals surface area contributed by atoms with Crippen LogP contribution >= 0.6 is 23.1 Å². The summed E-state index contributed by atoms with van der Waals surface area (Å²) in [5.41, 5.74) is 0.900. The Morgan fingerprint density at radius 2 is 2.28 bits per heavy atom. The van der Waals surface area contributed by atoms with Crippen molar-refractivity contribution in [1.29, 1.82) is 0 Å². The number of hydrogen-bond donors (Lipinski definition) is 1. The van der Waals surface area contributed by atoms with Gasteiger partial charge >= 0.3 is 0 Å². The van der Waals surface area contributed by atoms with E-state index < -0.39 is 0 Å². The number of aromatic nitrogens is 4. The molecule has 3 heterocycles. The fourth-order valence-electron chi connectivity index (χ4n) is 2.23. The third-order valence-electron chi connectivity index (χ3n) is 3.19. The Labute approximate surface area is 153 Å². The van der Waals surface area contributed by atoms with Crippen molar-refractivity contribution in [2.75, 3.05) is 5.32 Å². The summed E-state index contributed by atoms with van der Waals surface area (Å²) in [5.74, 6) is 2.44. The lowest BCUT2D eigenvalue weighted by molar-refractivity contribution is -0.114. The van der Waals surface area contributed by atoms with Crippen LogP contribution in [0.3, 0.4) is 0 Å². The quantitative estimate of drug-likeness (QED) is 0.629. The first-order valence-electron chi connectivity index (χ1n) is 7.84. The molecule has 0 fully saturated rings. The topological polar surface area (TPSA) is 85.8 Å². The van der Waals surface area contributed by atoms with Crippen molar-refractivity contribution < 1.29 is 9.21 Å². The van der Waals surface area contributed by atoms with E-state index in [1.165, 1.54) is 18.3 Å². The molecule has 0 saturated heterocycles. The number of carbonyl (C=O) groups is 1. The molecule has 1 amide bonds. The third-order valence-corrected chi connectivity index (χ3v) is 5.00. The van der Waals surface area contributed by atoms with Crippen LogP contribution < -0.4 is 5.32 Å². The van der Waals surface area contributed by atoms with Crippen LogP contribution in [0.25, 0.3) is 11.6 Å². The van der Waals surface area contributed by atoms with Gasteiger partial charge in [0.2, 0.25) is 5.91 Å². The fraction of sp³-hybridized carbons (Fsp3) is 0.375. The van der Waals surface area contributed by atoms with E-state index in [-0.39, 0.29) is 5.91 Å². The molecule has 0 atom stereocenters. The number of anilines is 1. The summed E-state index contributed by atoms with van der Waals surface area (Å²) in [4.78, 5) is 15.5. The van der Waals surface area contributed by atoms with Gasteiger partial charge in [0.1, 0.15) is 0 Å². The van der Waals surface area contributed by atoms with Crippen LogP contribution in [-0.4, -0.2) is 25.7 Å². The van der Waals surface area contributed by atoms with Gasteiger partial charge in [0, 0.05) is 24.6 Å². The second kappa shape index (κ2) is 7.83. The second-order valence-corrected chi connectivity index (χ2v) is 7.70. The van der Waals surface area contributed by atoms with Crippen molar-refractivity contribution in [2.24, 2.45) is 5.92 Å². The van der Waals surface area contributed by atoms with Gasteiger partial charge in [-0.2, -0.15) is 0 Å². The Balaban J connectivity index is 1.75. The van der Waals surface area contributed by atoms with Crippen LogP contribution in [0.1, 0.15) is 26.5 Å². The standard InChI is InChI=1S/C16H19N5O2S2/c1-10(2)7-21-14(13-5-4-6-23-13)19-20-16(21)25-9-12-8-24-15(18-12)17-11(3)22/h4-6,8,10H,7,9H2,1-3H3,(H,17,18,22). The molecule has 25 heavy (non-hydrogen) atoms. The molecule has 0 bridgehead atoms. The molecule has 0 aliphatic rings. The highest BCUT2D eigenvalue weighted by molar-refractivity contribution is 7.98. The molecule has 3 aromatic rings. The number of thiazole rings is 1. The van der Waals surface area contributed by atoms with Crippen LogP contribution in [0.5, 0.6) is 0 Å². The van der Waals surface area contributed by atoms with Crippen LogP contribution in [0.15, 0.2) is 33.3 Å². The number of amides is 1. The summed E-state index contributed by atoms with van der Waals surface area (Å²) in [6, 6.07) is 3.73. The molecule has 1 N–H and O–H groups in total. The molecule has 0 aliphatic heterocycles. The molecule has 132 valence electrons. The minimum Gasteiger partial charge on any atom is -0.461 e. The van der Waals surface area contributed by atoms with Gasteiger partial charge in [0.05, 0.1) is 12.0 Å². The van der Waals surface area contributed by atoms with Crippen LogP contribution in [0, 0.1) is 5.92 Å². The molecule has 7 nitrogen and oxygen atoms in total. The van der Waals surface area contributed by atoms with Gasteiger partial charge in [0.15, 0.2) is 21.9 Å². The van der Waals surface area contributed by atoms with Crippen molar-refractivity contribution in [1.82, 2.24) is 19.7 Å².